The van der Waals surface area contributed by atoms with Gasteiger partial charge in [0.2, 0.25) is 0 Å². The molecule has 13 heteroatoms. The topological polar surface area (TPSA) is 218 Å². The summed E-state index contributed by atoms with van der Waals surface area (Å²) in [6.45, 7) is 0. The van der Waals surface area contributed by atoms with Crippen LogP contribution >= 0.6 is 0 Å². The Labute approximate surface area is 129 Å². The van der Waals surface area contributed by atoms with Crippen LogP contribution in [0.25, 0.3) is 0 Å². The molecule has 1 radical (unpaired) electrons. The van der Waals surface area contributed by atoms with Gasteiger partial charge in [-0.1, -0.05) is 0 Å². The summed E-state index contributed by atoms with van der Waals surface area (Å²) < 4.78 is 0. The first-order valence-electron chi connectivity index (χ1n) is 5.03. The van der Waals surface area contributed by atoms with Gasteiger partial charge in [-0.3, -0.25) is 21.4 Å². The molecule has 0 aromatic carbocycles. The van der Waals surface area contributed by atoms with Gasteiger partial charge in [-0.15, -0.1) is 0 Å². The Morgan fingerprint density at radius 2 is 1.19 bits per heavy atom. The molecular weight excluding hydrogens is 332 g/mol. The van der Waals surface area contributed by atoms with Gasteiger partial charge in [-0.25, -0.2) is 20.0 Å². The van der Waals surface area contributed by atoms with Crippen molar-refractivity contribution in [3.05, 3.63) is 23.0 Å². The van der Waals surface area contributed by atoms with E-state index < -0.39 is 0 Å². The van der Waals surface area contributed by atoms with Crippen LogP contribution in [0.1, 0.15) is 0 Å². The number of amidine groups is 2. The first-order valence-corrected chi connectivity index (χ1v) is 5.03. The monoisotopic (exact) mass is 345 g/mol. The number of rotatable bonds is 2. The van der Waals surface area contributed by atoms with Gasteiger partial charge in [-0.05, 0) is 0 Å². The van der Waals surface area contributed by atoms with Crippen molar-refractivity contribution in [3.63, 3.8) is 0 Å². The molecule has 12 nitrogen and oxygen atoms in total. The average Bonchev–Trinajstić information content (AvgIpc) is 3.06. The van der Waals surface area contributed by atoms with Gasteiger partial charge in [0.1, 0.15) is 24.1 Å². The van der Waals surface area contributed by atoms with Crippen molar-refractivity contribution in [3.8, 4) is 0 Å². The SMILES string of the molecule is NC1=NC=NC1=C(N)NO.NC1=NC=NC1=C(N)NO.[Cu+2]. The molecule has 0 saturated heterocycles. The van der Waals surface area contributed by atoms with Gasteiger partial charge in [-0.2, -0.15) is 0 Å². The van der Waals surface area contributed by atoms with Gasteiger partial charge < -0.3 is 22.9 Å². The Balaban J connectivity index is 0.000000364. The standard InChI is InChI=1S/2C4H7N5O.Cu/c2*5-3-2(4(6)9-10)7-1-8-3;/h2*1,9-10H,6H2,(H2,5,7,8);/q;;+2. The normalized spacial score (nSPS) is 19.7. The van der Waals surface area contributed by atoms with Crippen LogP contribution in [0, 0.1) is 0 Å². The Morgan fingerprint density at radius 1 is 0.857 bits per heavy atom. The second-order valence-electron chi connectivity index (χ2n) is 3.27. The maximum absolute atomic E-state index is 8.30. The van der Waals surface area contributed by atoms with Gasteiger partial charge in [0.05, 0.1) is 0 Å². The quantitative estimate of drug-likeness (QED) is 0.190. The number of hydroxylamine groups is 2. The molecule has 117 valence electrons. The first kappa shape index (κ1) is 18.4. The molecule has 12 N–H and O–H groups in total. The van der Waals surface area contributed by atoms with E-state index in [1.54, 1.807) is 11.0 Å². The number of hydrogen-bond acceptors (Lipinski definition) is 12. The minimum absolute atomic E-state index is 0. The summed E-state index contributed by atoms with van der Waals surface area (Å²) in [5.41, 5.74) is 25.0. The van der Waals surface area contributed by atoms with Crippen molar-refractivity contribution < 1.29 is 27.5 Å². The van der Waals surface area contributed by atoms with Crippen LogP contribution in [0.2, 0.25) is 0 Å². The van der Waals surface area contributed by atoms with Crippen molar-refractivity contribution in [2.24, 2.45) is 42.9 Å². The molecule has 0 amide bonds. The first-order chi connectivity index (χ1) is 9.51. The second-order valence-corrected chi connectivity index (χ2v) is 3.27. The smallest absolute Gasteiger partial charge is 0.382 e. The van der Waals surface area contributed by atoms with Crippen molar-refractivity contribution in [1.82, 2.24) is 11.0 Å². The fourth-order valence-corrected chi connectivity index (χ4v) is 1.07. The minimum Gasteiger partial charge on any atom is -0.382 e. The predicted octanol–water partition coefficient (Wildman–Crippen LogP) is -3.02. The summed E-state index contributed by atoms with van der Waals surface area (Å²) in [4.78, 5) is 14.5. The number of nitrogens with zero attached hydrogens (tertiary/aromatic N) is 4. The summed E-state index contributed by atoms with van der Waals surface area (Å²) in [7, 11) is 0. The zero-order valence-corrected chi connectivity index (χ0v) is 11.4. The Hall–Kier alpha value is -2.60. The molecular formula is C8H14CuN10O2+2. The molecule has 2 heterocycles. The molecule has 0 aromatic heterocycles. The summed E-state index contributed by atoms with van der Waals surface area (Å²) >= 11 is 0. The molecule has 0 atom stereocenters. The predicted molar refractivity (Wildman–Crippen MR) is 72.5 cm³/mol. The van der Waals surface area contributed by atoms with Gasteiger partial charge in [0.25, 0.3) is 0 Å². The van der Waals surface area contributed by atoms with Crippen LogP contribution in [-0.4, -0.2) is 34.8 Å². The van der Waals surface area contributed by atoms with E-state index in [1.807, 2.05) is 0 Å². The van der Waals surface area contributed by atoms with E-state index in [-0.39, 0.29) is 51.8 Å². The zero-order valence-electron chi connectivity index (χ0n) is 10.4. The molecule has 0 saturated carbocycles. The van der Waals surface area contributed by atoms with E-state index in [0.717, 1.165) is 0 Å². The summed E-state index contributed by atoms with van der Waals surface area (Å²) in [6.07, 6.45) is 2.52. The van der Waals surface area contributed by atoms with E-state index in [0.29, 0.717) is 0 Å². The third-order valence-corrected chi connectivity index (χ3v) is 2.00. The fourth-order valence-electron chi connectivity index (χ4n) is 1.07. The van der Waals surface area contributed by atoms with Crippen molar-refractivity contribution in [1.29, 1.82) is 0 Å². The Kier molecular flexibility index (Phi) is 7.49. The van der Waals surface area contributed by atoms with Crippen LogP contribution in [0.15, 0.2) is 43.0 Å². The molecule has 0 spiro atoms. The molecule has 0 fully saturated rings. The van der Waals surface area contributed by atoms with Crippen LogP contribution in [0.5, 0.6) is 0 Å². The third-order valence-electron chi connectivity index (χ3n) is 2.00. The summed E-state index contributed by atoms with van der Waals surface area (Å²) in [5, 5.41) is 16.6. The van der Waals surface area contributed by atoms with Crippen molar-refractivity contribution in [2.45, 2.75) is 0 Å². The molecule has 21 heavy (non-hydrogen) atoms. The van der Waals surface area contributed by atoms with Crippen molar-refractivity contribution >= 4 is 24.3 Å². The molecule has 0 unspecified atom stereocenters. The molecule has 2 aliphatic rings. The molecule has 0 aliphatic carbocycles. The van der Waals surface area contributed by atoms with Crippen LogP contribution in [0.4, 0.5) is 0 Å². The molecule has 2 aliphatic heterocycles. The van der Waals surface area contributed by atoms with Crippen LogP contribution < -0.4 is 33.9 Å². The third kappa shape index (κ3) is 4.77. The maximum Gasteiger partial charge on any atom is 2.00 e. The van der Waals surface area contributed by atoms with Gasteiger partial charge >= 0.3 is 17.1 Å². The summed E-state index contributed by atoms with van der Waals surface area (Å²) in [6, 6.07) is 0. The van der Waals surface area contributed by atoms with Crippen molar-refractivity contribution in [2.75, 3.05) is 0 Å². The number of hydrogen-bond donors (Lipinski definition) is 8. The average molecular weight is 346 g/mol. The molecule has 0 bridgehead atoms. The van der Waals surface area contributed by atoms with Crippen LogP contribution in [-0.2, 0) is 17.1 Å². The van der Waals surface area contributed by atoms with E-state index in [2.05, 4.69) is 20.0 Å². The summed E-state index contributed by atoms with van der Waals surface area (Å²) in [5.74, 6) is 0.378. The van der Waals surface area contributed by atoms with E-state index in [9.17, 15) is 0 Å². The second kappa shape index (κ2) is 8.55. The number of nitrogens with one attached hydrogen (secondary N) is 2. The number of aliphatic imine (C=N–C) groups is 4. The number of nitrogens with two attached hydrogens (primary N) is 4. The molecule has 2 rings (SSSR count). The zero-order chi connectivity index (χ0) is 15.1. The van der Waals surface area contributed by atoms with E-state index in [1.165, 1.54) is 12.7 Å². The maximum atomic E-state index is 8.30. The van der Waals surface area contributed by atoms with Crippen LogP contribution in [0.3, 0.4) is 0 Å². The van der Waals surface area contributed by atoms with Gasteiger partial charge in [0.15, 0.2) is 23.3 Å². The minimum atomic E-state index is -0.00463. The largest absolute Gasteiger partial charge is 2.00 e. The fraction of sp³-hybridized carbons (Fsp3) is 0. The Morgan fingerprint density at radius 3 is 1.38 bits per heavy atom. The Bertz CT molecular complexity index is 511. The van der Waals surface area contributed by atoms with Gasteiger partial charge in [0, 0.05) is 0 Å². The molecule has 0 aromatic rings. The van der Waals surface area contributed by atoms with E-state index >= 15 is 0 Å². The van der Waals surface area contributed by atoms with E-state index in [4.69, 9.17) is 33.3 Å².